The van der Waals surface area contributed by atoms with E-state index in [-0.39, 0.29) is 0 Å². The first-order valence-corrected chi connectivity index (χ1v) is 7.33. The van der Waals surface area contributed by atoms with E-state index in [9.17, 15) is 0 Å². The van der Waals surface area contributed by atoms with Gasteiger partial charge in [-0.05, 0) is 6.42 Å². The molecule has 0 aliphatic carbocycles. The van der Waals surface area contributed by atoms with E-state index in [2.05, 4.69) is 34.1 Å². The highest BCUT2D eigenvalue weighted by atomic mass is 32.1. The molecule has 19 heavy (non-hydrogen) atoms. The van der Waals surface area contributed by atoms with Crippen molar-refractivity contribution in [2.75, 3.05) is 17.6 Å². The number of hydrogen-bond acceptors (Lipinski definition) is 6. The molecule has 2 aromatic heterocycles. The zero-order valence-corrected chi connectivity index (χ0v) is 12.1. The van der Waals surface area contributed by atoms with Gasteiger partial charge >= 0.3 is 0 Å². The van der Waals surface area contributed by atoms with Crippen LogP contribution < -0.4 is 11.1 Å². The Labute approximate surface area is 117 Å². The monoisotopic (exact) mass is 277 g/mol. The number of hydrogen-bond donors (Lipinski definition) is 2. The minimum atomic E-state index is 0.353. The number of aryl methyl sites for hydroxylation is 1. The Morgan fingerprint density at radius 3 is 2.95 bits per heavy atom. The summed E-state index contributed by atoms with van der Waals surface area (Å²) in [5.41, 5.74) is 5.79. The molecule has 0 amide bonds. The van der Waals surface area contributed by atoms with E-state index < -0.39 is 0 Å². The molecule has 1 atom stereocenters. The highest BCUT2D eigenvalue weighted by molar-refractivity contribution is 7.09. The lowest BCUT2D eigenvalue weighted by atomic mass is 10.2. The maximum absolute atomic E-state index is 5.79. The average molecular weight is 277 g/mol. The van der Waals surface area contributed by atoms with Crippen molar-refractivity contribution in [2.24, 2.45) is 0 Å². The molecule has 0 radical (unpaired) electrons. The van der Waals surface area contributed by atoms with Crippen LogP contribution in [0.4, 0.5) is 11.6 Å². The van der Waals surface area contributed by atoms with Crippen molar-refractivity contribution >= 4 is 23.0 Å². The fraction of sp³-hybridized carbons (Fsp3) is 0.462. The van der Waals surface area contributed by atoms with Gasteiger partial charge < -0.3 is 11.1 Å². The van der Waals surface area contributed by atoms with E-state index in [1.54, 1.807) is 17.4 Å². The minimum absolute atomic E-state index is 0.353. The number of aromatic nitrogens is 3. The van der Waals surface area contributed by atoms with Crippen molar-refractivity contribution in [3.05, 3.63) is 28.5 Å². The molecule has 0 saturated carbocycles. The smallest absolute Gasteiger partial charge is 0.133 e. The largest absolute Gasteiger partial charge is 0.384 e. The molecule has 3 N–H and O–H groups in total. The third-order valence-electron chi connectivity index (χ3n) is 2.73. The molecule has 1 unspecified atom stereocenters. The van der Waals surface area contributed by atoms with Gasteiger partial charge in [0.1, 0.15) is 17.5 Å². The Balaban J connectivity index is 1.99. The first-order valence-electron chi connectivity index (χ1n) is 6.45. The van der Waals surface area contributed by atoms with Crippen LogP contribution in [-0.4, -0.2) is 21.5 Å². The molecule has 2 heterocycles. The van der Waals surface area contributed by atoms with Gasteiger partial charge in [0.05, 0.1) is 5.01 Å². The van der Waals surface area contributed by atoms with Gasteiger partial charge in [-0.2, -0.15) is 0 Å². The second kappa shape index (κ2) is 6.47. The lowest BCUT2D eigenvalue weighted by molar-refractivity contribution is 0.785. The van der Waals surface area contributed by atoms with Crippen LogP contribution in [-0.2, 0) is 6.42 Å². The van der Waals surface area contributed by atoms with E-state index in [4.69, 9.17) is 5.73 Å². The summed E-state index contributed by atoms with van der Waals surface area (Å²) in [6.45, 7) is 5.03. The summed E-state index contributed by atoms with van der Waals surface area (Å²) >= 11 is 1.67. The van der Waals surface area contributed by atoms with Gasteiger partial charge in [0.15, 0.2) is 0 Å². The molecule has 0 aromatic carbocycles. The second-order valence-corrected chi connectivity index (χ2v) is 5.42. The zero-order valence-electron chi connectivity index (χ0n) is 11.3. The number of nitrogens with zero attached hydrogens (tertiary/aromatic N) is 3. The molecule has 2 aromatic rings. The number of nitrogen functional groups attached to an aromatic ring is 1. The maximum Gasteiger partial charge on any atom is 0.133 e. The summed E-state index contributed by atoms with van der Waals surface area (Å²) in [7, 11) is 0. The van der Waals surface area contributed by atoms with Gasteiger partial charge in [-0.1, -0.05) is 13.8 Å². The summed E-state index contributed by atoms with van der Waals surface area (Å²) in [4.78, 5) is 13.0. The Morgan fingerprint density at radius 2 is 2.26 bits per heavy atom. The second-order valence-electron chi connectivity index (χ2n) is 4.50. The van der Waals surface area contributed by atoms with Crippen molar-refractivity contribution in [2.45, 2.75) is 32.6 Å². The van der Waals surface area contributed by atoms with Crippen LogP contribution in [0.25, 0.3) is 0 Å². The van der Waals surface area contributed by atoms with Gasteiger partial charge in [0.25, 0.3) is 0 Å². The SMILES string of the molecule is CCCc1nc(N)cc(NCC(C)c2nccs2)n1. The highest BCUT2D eigenvalue weighted by Crippen LogP contribution is 2.18. The molecule has 0 fully saturated rings. The molecule has 0 aliphatic rings. The molecule has 5 nitrogen and oxygen atoms in total. The van der Waals surface area contributed by atoms with Crippen molar-refractivity contribution in [3.63, 3.8) is 0 Å². The highest BCUT2D eigenvalue weighted by Gasteiger charge is 2.09. The number of thiazole rings is 1. The number of nitrogens with two attached hydrogens (primary N) is 1. The van der Waals surface area contributed by atoms with E-state index in [1.807, 2.05) is 11.6 Å². The molecule has 102 valence electrons. The Bertz CT molecular complexity index is 512. The van der Waals surface area contributed by atoms with E-state index >= 15 is 0 Å². The third kappa shape index (κ3) is 3.89. The first-order chi connectivity index (χ1) is 9.19. The quantitative estimate of drug-likeness (QED) is 0.849. The predicted octanol–water partition coefficient (Wildman–Crippen LogP) is 2.68. The number of rotatable bonds is 6. The summed E-state index contributed by atoms with van der Waals surface area (Å²) in [6.07, 6.45) is 3.69. The van der Waals surface area contributed by atoms with Crippen molar-refractivity contribution < 1.29 is 0 Å². The molecule has 2 rings (SSSR count). The maximum atomic E-state index is 5.79. The summed E-state index contributed by atoms with van der Waals surface area (Å²) in [5.74, 6) is 2.46. The van der Waals surface area contributed by atoms with Crippen LogP contribution >= 0.6 is 11.3 Å². The molecule has 0 bridgehead atoms. The van der Waals surface area contributed by atoms with Gasteiger partial charge in [-0.15, -0.1) is 11.3 Å². The van der Waals surface area contributed by atoms with E-state index in [0.717, 1.165) is 36.0 Å². The lowest BCUT2D eigenvalue weighted by Crippen LogP contribution is -2.12. The van der Waals surface area contributed by atoms with Gasteiger partial charge in [-0.3, -0.25) is 0 Å². The van der Waals surface area contributed by atoms with Crippen LogP contribution in [0.1, 0.15) is 37.0 Å². The Kier molecular flexibility index (Phi) is 4.68. The van der Waals surface area contributed by atoms with Crippen LogP contribution in [0.2, 0.25) is 0 Å². The molecule has 0 spiro atoms. The third-order valence-corrected chi connectivity index (χ3v) is 3.74. The number of anilines is 2. The Morgan fingerprint density at radius 1 is 1.42 bits per heavy atom. The summed E-state index contributed by atoms with van der Waals surface area (Å²) < 4.78 is 0. The molecular weight excluding hydrogens is 258 g/mol. The minimum Gasteiger partial charge on any atom is -0.384 e. The van der Waals surface area contributed by atoms with Crippen LogP contribution in [0.15, 0.2) is 17.6 Å². The van der Waals surface area contributed by atoms with E-state index in [1.165, 1.54) is 0 Å². The summed E-state index contributed by atoms with van der Waals surface area (Å²) in [6, 6.07) is 1.77. The fourth-order valence-electron chi connectivity index (χ4n) is 1.77. The predicted molar refractivity (Wildman–Crippen MR) is 79.5 cm³/mol. The first kappa shape index (κ1) is 13.7. The van der Waals surface area contributed by atoms with Crippen LogP contribution in [0, 0.1) is 0 Å². The normalized spacial score (nSPS) is 12.3. The lowest BCUT2D eigenvalue weighted by Gasteiger charge is -2.11. The topological polar surface area (TPSA) is 76.7 Å². The van der Waals surface area contributed by atoms with Gasteiger partial charge in [-0.25, -0.2) is 15.0 Å². The van der Waals surface area contributed by atoms with Crippen molar-refractivity contribution in [3.8, 4) is 0 Å². The van der Waals surface area contributed by atoms with Crippen LogP contribution in [0.5, 0.6) is 0 Å². The molecule has 6 heteroatoms. The zero-order chi connectivity index (χ0) is 13.7. The molecule has 0 saturated heterocycles. The van der Waals surface area contributed by atoms with E-state index in [0.29, 0.717) is 11.7 Å². The summed E-state index contributed by atoms with van der Waals surface area (Å²) in [5, 5.41) is 6.43. The van der Waals surface area contributed by atoms with Gasteiger partial charge in [0, 0.05) is 36.5 Å². The Hall–Kier alpha value is -1.69. The molecular formula is C13H19N5S. The molecule has 0 aliphatic heterocycles. The average Bonchev–Trinajstić information content (AvgIpc) is 2.89. The standard InChI is InChI=1S/C13H19N5S/c1-3-4-11-17-10(14)7-12(18-11)16-8-9(2)13-15-5-6-19-13/h5-7,9H,3-4,8H2,1-2H3,(H3,14,16,17,18). The fourth-order valence-corrected chi connectivity index (χ4v) is 2.46. The van der Waals surface area contributed by atoms with Crippen molar-refractivity contribution in [1.82, 2.24) is 15.0 Å². The van der Waals surface area contributed by atoms with Gasteiger partial charge in [0.2, 0.25) is 0 Å². The van der Waals surface area contributed by atoms with Crippen molar-refractivity contribution in [1.29, 1.82) is 0 Å². The number of nitrogens with one attached hydrogen (secondary N) is 1. The van der Waals surface area contributed by atoms with Crippen LogP contribution in [0.3, 0.4) is 0 Å².